The van der Waals surface area contributed by atoms with E-state index in [1.165, 1.54) is 0 Å². The molecule has 27 heavy (non-hydrogen) atoms. The molecule has 0 aliphatic rings. The first kappa shape index (κ1) is 23.8. The average Bonchev–Trinajstić information content (AvgIpc) is 2.59. The van der Waals surface area contributed by atoms with Crippen LogP contribution in [0.25, 0.3) is 0 Å². The lowest BCUT2D eigenvalue weighted by molar-refractivity contribution is -0.176. The molecule has 154 valence electrons. The predicted octanol–water partition coefficient (Wildman–Crippen LogP) is 1.99. The number of nitrogens with zero attached hydrogens (tertiary/aromatic N) is 1. The van der Waals surface area contributed by atoms with Gasteiger partial charge in [-0.05, 0) is 30.9 Å². The van der Waals surface area contributed by atoms with Gasteiger partial charge in [0.25, 0.3) is 21.4 Å². The van der Waals surface area contributed by atoms with Crippen molar-refractivity contribution in [2.24, 2.45) is 5.92 Å². The smallest absolute Gasteiger partial charge is 0.272 e. The highest BCUT2D eigenvalue weighted by Crippen LogP contribution is 2.20. The number of carbonyl (C=O) groups is 1. The summed E-state index contributed by atoms with van der Waals surface area (Å²) in [5.74, 6) is -0.937. The molecular weight excluding hydrogens is 396 g/mol. The second-order valence-corrected chi connectivity index (χ2v) is 8.64. The first-order chi connectivity index (χ1) is 12.6. The molecular formula is C17H27ClN2O6S. The highest BCUT2D eigenvalue weighted by atomic mass is 35.5. The van der Waals surface area contributed by atoms with Gasteiger partial charge in [0.2, 0.25) is 0 Å². The van der Waals surface area contributed by atoms with E-state index in [-0.39, 0.29) is 25.1 Å². The Hall–Kier alpha value is -1.23. The Morgan fingerprint density at radius 3 is 2.41 bits per heavy atom. The van der Waals surface area contributed by atoms with Gasteiger partial charge >= 0.3 is 0 Å². The molecule has 1 aromatic carbocycles. The van der Waals surface area contributed by atoms with E-state index in [9.17, 15) is 18.3 Å². The van der Waals surface area contributed by atoms with Gasteiger partial charge in [0, 0.05) is 11.6 Å². The number of benzene rings is 1. The van der Waals surface area contributed by atoms with E-state index in [2.05, 4.69) is 5.32 Å². The van der Waals surface area contributed by atoms with E-state index in [0.29, 0.717) is 16.8 Å². The minimum Gasteiger partial charge on any atom is -0.368 e. The molecule has 0 aliphatic heterocycles. The van der Waals surface area contributed by atoms with E-state index in [4.69, 9.17) is 21.2 Å². The lowest BCUT2D eigenvalue weighted by atomic mass is 10.1. The quantitative estimate of drug-likeness (QED) is 0.244. The van der Waals surface area contributed by atoms with Gasteiger partial charge in [-0.3, -0.25) is 9.63 Å². The minimum atomic E-state index is -4.52. The number of alkyl halides is 1. The summed E-state index contributed by atoms with van der Waals surface area (Å²) in [7, 11) is -4.52. The van der Waals surface area contributed by atoms with Crippen LogP contribution in [-0.2, 0) is 24.4 Å². The molecule has 2 N–H and O–H groups in total. The van der Waals surface area contributed by atoms with Crippen molar-refractivity contribution in [1.29, 1.82) is 0 Å². The summed E-state index contributed by atoms with van der Waals surface area (Å²) in [4.78, 5) is 17.4. The monoisotopic (exact) mass is 422 g/mol. The number of amides is 1. The Labute approximate surface area is 165 Å². The number of carbonyl (C=O) groups excluding carboxylic acids is 1. The number of aryl methyl sites for hydroxylation is 2. The summed E-state index contributed by atoms with van der Waals surface area (Å²) in [6, 6.07) is 5.33. The summed E-state index contributed by atoms with van der Waals surface area (Å²) in [5.41, 5.74) is -0.431. The summed E-state index contributed by atoms with van der Waals surface area (Å²) in [6.45, 7) is 7.15. The molecule has 10 heteroatoms. The summed E-state index contributed by atoms with van der Waals surface area (Å²) < 4.78 is 30.7. The van der Waals surface area contributed by atoms with Crippen LogP contribution in [0.3, 0.4) is 0 Å². The highest BCUT2D eigenvalue weighted by Gasteiger charge is 2.37. The third-order valence-electron chi connectivity index (χ3n) is 3.52. The van der Waals surface area contributed by atoms with E-state index in [0.717, 1.165) is 11.1 Å². The van der Waals surface area contributed by atoms with Crippen LogP contribution < -0.4 is 5.32 Å². The van der Waals surface area contributed by atoms with Crippen molar-refractivity contribution in [2.75, 3.05) is 31.1 Å². The number of halogens is 1. The summed E-state index contributed by atoms with van der Waals surface area (Å²) in [5, 5.41) is 12.6. The molecule has 1 atom stereocenters. The zero-order chi connectivity index (χ0) is 20.6. The second kappa shape index (κ2) is 10.9. The van der Waals surface area contributed by atoms with Crippen LogP contribution in [0.5, 0.6) is 0 Å². The number of nitrogens with one attached hydrogen (secondary N) is 1. The van der Waals surface area contributed by atoms with E-state index in [1.807, 2.05) is 13.8 Å². The third kappa shape index (κ3) is 7.02. The van der Waals surface area contributed by atoms with Gasteiger partial charge in [-0.1, -0.05) is 36.5 Å². The third-order valence-corrected chi connectivity index (χ3v) is 5.32. The Balaban J connectivity index is 2.85. The molecule has 1 aromatic rings. The zero-order valence-electron chi connectivity index (χ0n) is 15.9. The van der Waals surface area contributed by atoms with Crippen LogP contribution >= 0.6 is 11.6 Å². The lowest BCUT2D eigenvalue weighted by Gasteiger charge is -2.23. The number of rotatable bonds is 11. The Bertz CT molecular complexity index is 706. The number of hydrogen-bond acceptors (Lipinski definition) is 6. The van der Waals surface area contributed by atoms with Crippen LogP contribution in [0.2, 0.25) is 0 Å². The number of hydrogen-bond donors (Lipinski definition) is 2. The zero-order valence-corrected chi connectivity index (χ0v) is 17.5. The van der Waals surface area contributed by atoms with Gasteiger partial charge in [0.05, 0.1) is 13.2 Å². The molecule has 1 rings (SSSR count). The van der Waals surface area contributed by atoms with Gasteiger partial charge in [-0.2, -0.15) is 0 Å². The molecule has 1 unspecified atom stereocenters. The minimum absolute atomic E-state index is 0.0886. The van der Waals surface area contributed by atoms with Crippen molar-refractivity contribution < 1.29 is 27.9 Å². The van der Waals surface area contributed by atoms with Crippen LogP contribution in [0.1, 0.15) is 25.0 Å². The molecule has 0 radical (unpaired) electrons. The van der Waals surface area contributed by atoms with Crippen LogP contribution in [-0.4, -0.2) is 55.2 Å². The van der Waals surface area contributed by atoms with Gasteiger partial charge in [0.15, 0.2) is 6.79 Å². The maximum atomic E-state index is 12.5. The molecule has 0 saturated carbocycles. The highest BCUT2D eigenvalue weighted by molar-refractivity contribution is 7.90. The van der Waals surface area contributed by atoms with Crippen molar-refractivity contribution in [3.8, 4) is 0 Å². The summed E-state index contributed by atoms with van der Waals surface area (Å²) in [6.07, 6.45) is 0. The number of para-hydroxylation sites is 1. The first-order valence-electron chi connectivity index (χ1n) is 8.44. The maximum Gasteiger partial charge on any atom is 0.272 e. The topological polar surface area (TPSA) is 105 Å². The Kier molecular flexibility index (Phi) is 9.65. The molecule has 0 fully saturated rings. The maximum absolute atomic E-state index is 12.5. The van der Waals surface area contributed by atoms with E-state index in [1.54, 1.807) is 32.0 Å². The fraction of sp³-hybridized carbons (Fsp3) is 0.588. The van der Waals surface area contributed by atoms with Crippen molar-refractivity contribution in [3.63, 3.8) is 0 Å². The van der Waals surface area contributed by atoms with Crippen LogP contribution in [0.4, 0.5) is 5.69 Å². The van der Waals surface area contributed by atoms with E-state index >= 15 is 0 Å². The molecule has 0 bridgehead atoms. The van der Waals surface area contributed by atoms with Gasteiger partial charge in [-0.25, -0.2) is 8.42 Å². The van der Waals surface area contributed by atoms with Crippen molar-refractivity contribution >= 4 is 33.2 Å². The Morgan fingerprint density at radius 2 is 1.89 bits per heavy atom. The standard InChI is InChI=1S/C17H27ClN2O6S/c1-12(2)10-25-11-26-20(9-8-18)27(23,24)17(22)16(21)19-15-13(3)6-5-7-14(15)4/h5-7,12,17,22H,8-11H2,1-4H3,(H,19,21). The van der Waals surface area contributed by atoms with Gasteiger partial charge in [-0.15, -0.1) is 11.6 Å². The molecule has 1 amide bonds. The second-order valence-electron chi connectivity index (χ2n) is 6.38. The van der Waals surface area contributed by atoms with Crippen molar-refractivity contribution in [1.82, 2.24) is 4.47 Å². The summed E-state index contributed by atoms with van der Waals surface area (Å²) >= 11 is 5.61. The normalized spacial score (nSPS) is 13.2. The number of hydroxylamine groups is 1. The molecule has 0 spiro atoms. The van der Waals surface area contributed by atoms with Gasteiger partial charge in [0.1, 0.15) is 0 Å². The molecule has 0 aromatic heterocycles. The molecule has 0 saturated heterocycles. The SMILES string of the molecule is Cc1cccc(C)c1NC(=O)C(O)S(=O)(=O)N(CCCl)OCOCC(C)C. The fourth-order valence-electron chi connectivity index (χ4n) is 2.16. The fourth-order valence-corrected chi connectivity index (χ4v) is 3.50. The Morgan fingerprint density at radius 1 is 1.30 bits per heavy atom. The molecule has 0 aliphatic carbocycles. The van der Waals surface area contributed by atoms with Crippen molar-refractivity contribution in [2.45, 2.75) is 33.1 Å². The first-order valence-corrected chi connectivity index (χ1v) is 10.5. The molecule has 8 nitrogen and oxygen atoms in total. The number of aliphatic hydroxyl groups excluding tert-OH is 1. The number of sulfonamides is 1. The predicted molar refractivity (Wildman–Crippen MR) is 104 cm³/mol. The molecule has 0 heterocycles. The van der Waals surface area contributed by atoms with Crippen LogP contribution in [0.15, 0.2) is 18.2 Å². The number of anilines is 1. The lowest BCUT2D eigenvalue weighted by Crippen LogP contribution is -2.45. The average molecular weight is 423 g/mol. The van der Waals surface area contributed by atoms with Crippen LogP contribution in [0, 0.1) is 19.8 Å². The largest absolute Gasteiger partial charge is 0.368 e. The van der Waals surface area contributed by atoms with Crippen molar-refractivity contribution in [3.05, 3.63) is 29.3 Å². The van der Waals surface area contributed by atoms with E-state index < -0.39 is 21.4 Å². The van der Waals surface area contributed by atoms with Gasteiger partial charge < -0.3 is 15.2 Å². The number of ether oxygens (including phenoxy) is 1. The number of aliphatic hydroxyl groups is 1.